The lowest BCUT2D eigenvalue weighted by atomic mass is 10.1. The van der Waals surface area contributed by atoms with Crippen molar-refractivity contribution in [3.8, 4) is 11.5 Å². The summed E-state index contributed by atoms with van der Waals surface area (Å²) in [5.41, 5.74) is 6.15. The first-order chi connectivity index (χ1) is 14.9. The summed E-state index contributed by atoms with van der Waals surface area (Å²) in [6.45, 7) is 7.09. The monoisotopic (exact) mass is 419 g/mol. The lowest BCUT2D eigenvalue weighted by molar-refractivity contribution is -0.116. The highest BCUT2D eigenvalue weighted by Crippen LogP contribution is 2.30. The van der Waals surface area contributed by atoms with Crippen LogP contribution >= 0.6 is 0 Å². The van der Waals surface area contributed by atoms with E-state index >= 15 is 0 Å². The van der Waals surface area contributed by atoms with Crippen molar-refractivity contribution in [2.24, 2.45) is 0 Å². The van der Waals surface area contributed by atoms with Gasteiger partial charge in [-0.05, 0) is 38.5 Å². The Kier molecular flexibility index (Phi) is 7.13. The molecule has 3 rings (SSSR count). The molecule has 0 atom stereocenters. The van der Waals surface area contributed by atoms with E-state index in [0.717, 1.165) is 22.5 Å². The largest absolute Gasteiger partial charge is 0.493 e. The number of hydrogen-bond acceptors (Lipinski definition) is 4. The summed E-state index contributed by atoms with van der Waals surface area (Å²) in [4.78, 5) is 12.4. The number of carbonyl (C=O) groups is 1. The number of ether oxygens (including phenoxy) is 2. The summed E-state index contributed by atoms with van der Waals surface area (Å²) in [5, 5.41) is 7.54. The molecule has 0 radical (unpaired) electrons. The van der Waals surface area contributed by atoms with Crippen molar-refractivity contribution in [2.75, 3.05) is 14.2 Å². The Morgan fingerprint density at radius 1 is 1.06 bits per heavy atom. The van der Waals surface area contributed by atoms with Crippen LogP contribution in [0.25, 0.3) is 6.08 Å². The zero-order chi connectivity index (χ0) is 22.4. The normalized spacial score (nSPS) is 11.0. The van der Waals surface area contributed by atoms with Crippen molar-refractivity contribution in [1.82, 2.24) is 15.1 Å². The molecular weight excluding hydrogens is 390 g/mol. The number of aromatic nitrogens is 2. The molecule has 0 saturated carbocycles. The van der Waals surface area contributed by atoms with Crippen molar-refractivity contribution < 1.29 is 14.3 Å². The van der Waals surface area contributed by atoms with Crippen LogP contribution in [0.5, 0.6) is 11.5 Å². The predicted octanol–water partition coefficient (Wildman–Crippen LogP) is 4.20. The van der Waals surface area contributed by atoms with Gasteiger partial charge in [0.05, 0.1) is 26.5 Å². The Labute approximate surface area is 183 Å². The average Bonchev–Trinajstić information content (AvgIpc) is 3.04. The Hall–Kier alpha value is -3.54. The fraction of sp³-hybridized carbons (Fsp3) is 0.280. The average molecular weight is 420 g/mol. The van der Waals surface area contributed by atoms with Crippen LogP contribution in [0.4, 0.5) is 0 Å². The number of hydrogen-bond donors (Lipinski definition) is 1. The van der Waals surface area contributed by atoms with E-state index in [1.165, 1.54) is 11.1 Å². The first-order valence-electron chi connectivity index (χ1n) is 10.2. The summed E-state index contributed by atoms with van der Waals surface area (Å²) in [7, 11) is 3.18. The van der Waals surface area contributed by atoms with E-state index in [2.05, 4.69) is 41.6 Å². The highest BCUT2D eigenvalue weighted by atomic mass is 16.5. The fourth-order valence-electron chi connectivity index (χ4n) is 3.47. The highest BCUT2D eigenvalue weighted by molar-refractivity contribution is 5.92. The molecule has 0 spiro atoms. The number of nitrogens with zero attached hydrogens (tertiary/aromatic N) is 2. The third kappa shape index (κ3) is 5.34. The molecule has 3 aromatic rings. The highest BCUT2D eigenvalue weighted by Gasteiger charge is 2.12. The van der Waals surface area contributed by atoms with Gasteiger partial charge in [0.15, 0.2) is 11.5 Å². The van der Waals surface area contributed by atoms with Gasteiger partial charge in [0.25, 0.3) is 0 Å². The van der Waals surface area contributed by atoms with Gasteiger partial charge < -0.3 is 14.8 Å². The quantitative estimate of drug-likeness (QED) is 0.556. The maximum atomic E-state index is 12.4. The van der Waals surface area contributed by atoms with Crippen LogP contribution in [0.2, 0.25) is 0 Å². The number of amides is 1. The van der Waals surface area contributed by atoms with Crippen LogP contribution in [-0.4, -0.2) is 29.9 Å². The molecular formula is C25H29N3O3. The summed E-state index contributed by atoms with van der Waals surface area (Å²) >= 11 is 0. The Morgan fingerprint density at radius 3 is 2.48 bits per heavy atom. The minimum atomic E-state index is -0.185. The number of benzene rings is 2. The van der Waals surface area contributed by atoms with Crippen molar-refractivity contribution in [1.29, 1.82) is 0 Å². The second-order valence-electron chi connectivity index (χ2n) is 7.43. The summed E-state index contributed by atoms with van der Waals surface area (Å²) < 4.78 is 12.7. The van der Waals surface area contributed by atoms with Crippen LogP contribution < -0.4 is 14.8 Å². The third-order valence-corrected chi connectivity index (χ3v) is 5.23. The summed E-state index contributed by atoms with van der Waals surface area (Å²) in [6, 6.07) is 14.0. The van der Waals surface area contributed by atoms with Crippen molar-refractivity contribution in [3.63, 3.8) is 0 Å². The lowest BCUT2D eigenvalue weighted by Gasteiger charge is -2.12. The van der Waals surface area contributed by atoms with Gasteiger partial charge >= 0.3 is 0 Å². The first kappa shape index (κ1) is 22.2. The van der Waals surface area contributed by atoms with Gasteiger partial charge in [-0.1, -0.05) is 42.0 Å². The van der Waals surface area contributed by atoms with Crippen molar-refractivity contribution >= 4 is 12.0 Å². The van der Waals surface area contributed by atoms with Crippen LogP contribution in [0.1, 0.15) is 33.6 Å². The molecule has 0 fully saturated rings. The van der Waals surface area contributed by atoms with Gasteiger partial charge in [0, 0.05) is 29.4 Å². The topological polar surface area (TPSA) is 65.4 Å². The molecule has 6 nitrogen and oxygen atoms in total. The van der Waals surface area contributed by atoms with Crippen LogP contribution in [0.15, 0.2) is 48.5 Å². The molecule has 0 aliphatic rings. The molecule has 0 aliphatic heterocycles. The molecule has 2 aromatic carbocycles. The molecule has 0 saturated heterocycles. The Morgan fingerprint density at radius 2 is 1.81 bits per heavy atom. The Balaban J connectivity index is 1.67. The number of para-hydroxylation sites is 1. The second kappa shape index (κ2) is 9.98. The summed E-state index contributed by atoms with van der Waals surface area (Å²) in [5.74, 6) is 1.07. The number of carbonyl (C=O) groups excluding carboxylic acids is 1. The summed E-state index contributed by atoms with van der Waals surface area (Å²) in [6.07, 6.45) is 3.36. The van der Waals surface area contributed by atoms with Crippen molar-refractivity contribution in [3.05, 3.63) is 82.2 Å². The lowest BCUT2D eigenvalue weighted by Crippen LogP contribution is -2.20. The molecule has 0 unspecified atom stereocenters. The predicted molar refractivity (Wildman–Crippen MR) is 122 cm³/mol. The zero-order valence-electron chi connectivity index (χ0n) is 18.7. The molecule has 1 amide bonds. The van der Waals surface area contributed by atoms with E-state index in [-0.39, 0.29) is 5.91 Å². The van der Waals surface area contributed by atoms with Crippen LogP contribution in [0.3, 0.4) is 0 Å². The van der Waals surface area contributed by atoms with E-state index in [1.54, 1.807) is 20.3 Å². The van der Waals surface area contributed by atoms with Crippen molar-refractivity contribution in [2.45, 2.75) is 33.9 Å². The van der Waals surface area contributed by atoms with Crippen LogP contribution in [0, 0.1) is 20.8 Å². The SMILES string of the molecule is COc1cccc(CNC(=O)/C=C/c2c(C)nn(Cc3ccc(C)cc3)c2C)c1OC. The molecule has 0 aliphatic carbocycles. The second-order valence-corrected chi connectivity index (χ2v) is 7.43. The molecule has 1 aromatic heterocycles. The molecule has 162 valence electrons. The Bertz CT molecular complexity index is 1080. The van der Waals surface area contributed by atoms with Crippen LogP contribution in [-0.2, 0) is 17.9 Å². The third-order valence-electron chi connectivity index (χ3n) is 5.23. The number of aryl methyl sites for hydroxylation is 2. The molecule has 1 heterocycles. The smallest absolute Gasteiger partial charge is 0.244 e. The molecule has 0 bridgehead atoms. The maximum absolute atomic E-state index is 12.4. The number of nitrogens with one attached hydrogen (secondary N) is 1. The minimum Gasteiger partial charge on any atom is -0.493 e. The number of methoxy groups -OCH3 is 2. The van der Waals surface area contributed by atoms with Gasteiger partial charge in [-0.2, -0.15) is 5.10 Å². The van der Waals surface area contributed by atoms with E-state index in [1.807, 2.05) is 42.8 Å². The van der Waals surface area contributed by atoms with Gasteiger partial charge in [-0.3, -0.25) is 9.48 Å². The molecule has 31 heavy (non-hydrogen) atoms. The fourth-order valence-corrected chi connectivity index (χ4v) is 3.47. The van der Waals surface area contributed by atoms with E-state index < -0.39 is 0 Å². The van der Waals surface area contributed by atoms with Gasteiger partial charge in [-0.15, -0.1) is 0 Å². The minimum absolute atomic E-state index is 0.185. The van der Waals surface area contributed by atoms with E-state index in [4.69, 9.17) is 9.47 Å². The zero-order valence-corrected chi connectivity index (χ0v) is 18.7. The standard InChI is InChI=1S/C25H29N3O3/c1-17-9-11-20(12-10-17)16-28-19(3)22(18(2)27-28)13-14-24(29)26-15-21-7-6-8-23(30-4)25(21)31-5/h6-14H,15-16H2,1-5H3,(H,26,29)/b14-13+. The van der Waals surface area contributed by atoms with Gasteiger partial charge in [0.2, 0.25) is 5.91 Å². The maximum Gasteiger partial charge on any atom is 0.244 e. The number of rotatable bonds is 8. The van der Waals surface area contributed by atoms with E-state index in [0.29, 0.717) is 24.6 Å². The first-order valence-corrected chi connectivity index (χ1v) is 10.2. The van der Waals surface area contributed by atoms with Gasteiger partial charge in [-0.25, -0.2) is 0 Å². The van der Waals surface area contributed by atoms with Gasteiger partial charge in [0.1, 0.15) is 0 Å². The molecule has 1 N–H and O–H groups in total. The molecule has 6 heteroatoms. The van der Waals surface area contributed by atoms with E-state index in [9.17, 15) is 4.79 Å².